The van der Waals surface area contributed by atoms with Gasteiger partial charge in [0.05, 0.1) is 12.5 Å². The quantitative estimate of drug-likeness (QED) is 0.516. The maximum absolute atomic E-state index is 13.3. The molecule has 1 aromatic rings. The normalized spacial score (nSPS) is 18.0. The van der Waals surface area contributed by atoms with Crippen molar-refractivity contribution >= 4 is 23.1 Å². The van der Waals surface area contributed by atoms with E-state index in [0.29, 0.717) is 24.0 Å². The van der Waals surface area contributed by atoms with Gasteiger partial charge < -0.3 is 15.4 Å². The van der Waals surface area contributed by atoms with E-state index in [1.165, 1.54) is 12.1 Å². The summed E-state index contributed by atoms with van der Waals surface area (Å²) in [7, 11) is 2.12. The van der Waals surface area contributed by atoms with Crippen LogP contribution in [0, 0.1) is 11.7 Å². The Kier molecular flexibility index (Phi) is 5.82. The second-order valence-electron chi connectivity index (χ2n) is 5.41. The number of hydrogen-bond acceptors (Lipinski definition) is 3. The van der Waals surface area contributed by atoms with Crippen LogP contribution in [0.4, 0.5) is 10.1 Å². The number of amidine groups is 1. The van der Waals surface area contributed by atoms with Crippen LogP contribution in [0.2, 0.25) is 0 Å². The van der Waals surface area contributed by atoms with Gasteiger partial charge in [-0.05, 0) is 51.0 Å². The van der Waals surface area contributed by atoms with E-state index in [0.717, 1.165) is 25.9 Å². The van der Waals surface area contributed by atoms with Crippen LogP contribution < -0.4 is 10.5 Å². The van der Waals surface area contributed by atoms with Crippen molar-refractivity contribution in [3.8, 4) is 5.75 Å². The first-order valence-corrected chi connectivity index (χ1v) is 7.62. The Balaban J connectivity index is 2.02. The summed E-state index contributed by atoms with van der Waals surface area (Å²) in [4.78, 5) is 6.41. The standard InChI is InChI=1S/C15H21ClFN3O/c1-20-6-4-11(5-7-20)10-21-14-3-2-12(17)8-13(14)19-15(18)9-16/h2-3,8,11H,4-7,9-10H2,1H3,(H2,18,19). The van der Waals surface area contributed by atoms with Gasteiger partial charge in [-0.25, -0.2) is 9.38 Å². The molecule has 21 heavy (non-hydrogen) atoms. The van der Waals surface area contributed by atoms with E-state index in [1.54, 1.807) is 6.07 Å². The van der Waals surface area contributed by atoms with Crippen molar-refractivity contribution in [2.75, 3.05) is 32.6 Å². The molecule has 0 amide bonds. The van der Waals surface area contributed by atoms with Crippen molar-refractivity contribution in [2.45, 2.75) is 12.8 Å². The van der Waals surface area contributed by atoms with Gasteiger partial charge in [0.15, 0.2) is 0 Å². The highest BCUT2D eigenvalue weighted by atomic mass is 35.5. The number of nitrogens with zero attached hydrogens (tertiary/aromatic N) is 2. The summed E-state index contributed by atoms with van der Waals surface area (Å²) < 4.78 is 19.2. The van der Waals surface area contributed by atoms with E-state index in [4.69, 9.17) is 22.1 Å². The van der Waals surface area contributed by atoms with Crippen LogP contribution in [-0.2, 0) is 0 Å². The third kappa shape index (κ3) is 4.86. The highest BCUT2D eigenvalue weighted by Crippen LogP contribution is 2.29. The molecule has 0 atom stereocenters. The maximum atomic E-state index is 13.3. The molecule has 0 spiro atoms. The first-order valence-electron chi connectivity index (χ1n) is 7.08. The molecule has 0 aromatic heterocycles. The predicted molar refractivity (Wildman–Crippen MR) is 84.1 cm³/mol. The molecule has 0 bridgehead atoms. The van der Waals surface area contributed by atoms with Gasteiger partial charge in [0.25, 0.3) is 0 Å². The van der Waals surface area contributed by atoms with Crippen LogP contribution in [0.5, 0.6) is 5.75 Å². The Morgan fingerprint density at radius 2 is 2.19 bits per heavy atom. The summed E-state index contributed by atoms with van der Waals surface area (Å²) in [5, 5.41) is 0. The Bertz CT molecular complexity index is 502. The van der Waals surface area contributed by atoms with E-state index in [2.05, 4.69) is 16.9 Å². The molecular formula is C15H21ClFN3O. The largest absolute Gasteiger partial charge is 0.491 e. The van der Waals surface area contributed by atoms with Gasteiger partial charge in [-0.1, -0.05) is 0 Å². The molecular weight excluding hydrogens is 293 g/mol. The molecule has 1 heterocycles. The van der Waals surface area contributed by atoms with Gasteiger partial charge in [-0.3, -0.25) is 0 Å². The summed E-state index contributed by atoms with van der Waals surface area (Å²) in [6.07, 6.45) is 2.22. The monoisotopic (exact) mass is 313 g/mol. The molecule has 0 aliphatic carbocycles. The van der Waals surface area contributed by atoms with E-state index < -0.39 is 0 Å². The number of benzene rings is 1. The summed E-state index contributed by atoms with van der Waals surface area (Å²) in [5.74, 6) is 1.04. The van der Waals surface area contributed by atoms with E-state index in [1.807, 2.05) is 0 Å². The van der Waals surface area contributed by atoms with Gasteiger partial charge in [-0.15, -0.1) is 11.6 Å². The maximum Gasteiger partial charge on any atom is 0.145 e. The molecule has 0 radical (unpaired) electrons. The number of hydrogen-bond donors (Lipinski definition) is 1. The van der Waals surface area contributed by atoms with Crippen LogP contribution >= 0.6 is 11.6 Å². The Morgan fingerprint density at radius 1 is 1.48 bits per heavy atom. The first-order chi connectivity index (χ1) is 10.1. The smallest absolute Gasteiger partial charge is 0.145 e. The second-order valence-corrected chi connectivity index (χ2v) is 5.67. The van der Waals surface area contributed by atoms with E-state index in [-0.39, 0.29) is 17.5 Å². The number of ether oxygens (including phenoxy) is 1. The molecule has 1 fully saturated rings. The van der Waals surface area contributed by atoms with Crippen LogP contribution in [0.3, 0.4) is 0 Å². The zero-order valence-electron chi connectivity index (χ0n) is 12.2. The van der Waals surface area contributed by atoms with Crippen molar-refractivity contribution in [1.29, 1.82) is 0 Å². The van der Waals surface area contributed by atoms with E-state index in [9.17, 15) is 4.39 Å². The third-order valence-electron chi connectivity index (χ3n) is 3.63. The molecule has 2 N–H and O–H groups in total. The number of alkyl halides is 1. The highest BCUT2D eigenvalue weighted by molar-refractivity contribution is 6.28. The zero-order valence-corrected chi connectivity index (χ0v) is 12.9. The van der Waals surface area contributed by atoms with Crippen LogP contribution in [0.1, 0.15) is 12.8 Å². The fourth-order valence-corrected chi connectivity index (χ4v) is 2.38. The molecule has 1 aliphatic heterocycles. The van der Waals surface area contributed by atoms with Gasteiger partial charge in [0.2, 0.25) is 0 Å². The highest BCUT2D eigenvalue weighted by Gasteiger charge is 2.17. The number of halogens is 2. The number of likely N-dealkylation sites (tertiary alicyclic amines) is 1. The lowest BCUT2D eigenvalue weighted by atomic mass is 9.98. The fraction of sp³-hybridized carbons (Fsp3) is 0.533. The summed E-state index contributed by atoms with van der Waals surface area (Å²) in [6, 6.07) is 4.26. The molecule has 0 saturated carbocycles. The lowest BCUT2D eigenvalue weighted by Gasteiger charge is -2.28. The van der Waals surface area contributed by atoms with Crippen LogP contribution in [0.25, 0.3) is 0 Å². The lowest BCUT2D eigenvalue weighted by Crippen LogP contribution is -2.32. The Morgan fingerprint density at radius 3 is 2.86 bits per heavy atom. The molecule has 1 saturated heterocycles. The van der Waals surface area contributed by atoms with Gasteiger partial charge in [0.1, 0.15) is 23.1 Å². The molecule has 6 heteroatoms. The van der Waals surface area contributed by atoms with Crippen molar-refractivity contribution in [1.82, 2.24) is 4.90 Å². The van der Waals surface area contributed by atoms with Crippen molar-refractivity contribution in [2.24, 2.45) is 16.6 Å². The number of piperidine rings is 1. The lowest BCUT2D eigenvalue weighted by molar-refractivity contribution is 0.160. The van der Waals surface area contributed by atoms with Crippen LogP contribution in [-0.4, -0.2) is 43.4 Å². The number of nitrogens with two attached hydrogens (primary N) is 1. The van der Waals surface area contributed by atoms with Gasteiger partial charge in [0, 0.05) is 6.07 Å². The van der Waals surface area contributed by atoms with Gasteiger partial charge >= 0.3 is 0 Å². The SMILES string of the molecule is CN1CCC(COc2ccc(F)cc2N=C(N)CCl)CC1. The van der Waals surface area contributed by atoms with E-state index >= 15 is 0 Å². The molecule has 2 rings (SSSR count). The molecule has 1 aromatic carbocycles. The van der Waals surface area contributed by atoms with Crippen molar-refractivity contribution in [3.63, 3.8) is 0 Å². The minimum absolute atomic E-state index is 0.102. The average Bonchev–Trinajstić information content (AvgIpc) is 2.48. The number of rotatable bonds is 5. The Hall–Kier alpha value is -1.33. The van der Waals surface area contributed by atoms with Crippen molar-refractivity contribution < 1.29 is 9.13 Å². The summed E-state index contributed by atoms with van der Waals surface area (Å²) in [6.45, 7) is 2.78. The average molecular weight is 314 g/mol. The third-order valence-corrected chi connectivity index (χ3v) is 3.91. The molecule has 0 unspecified atom stereocenters. The fourth-order valence-electron chi connectivity index (χ4n) is 2.32. The minimum Gasteiger partial charge on any atom is -0.491 e. The predicted octanol–water partition coefficient (Wildman–Crippen LogP) is 2.77. The zero-order chi connectivity index (χ0) is 15.2. The van der Waals surface area contributed by atoms with Gasteiger partial charge in [-0.2, -0.15) is 0 Å². The second kappa shape index (κ2) is 7.61. The Labute approximate surface area is 129 Å². The topological polar surface area (TPSA) is 50.8 Å². The summed E-state index contributed by atoms with van der Waals surface area (Å²) in [5.41, 5.74) is 6.00. The van der Waals surface area contributed by atoms with Crippen molar-refractivity contribution in [3.05, 3.63) is 24.0 Å². The molecule has 116 valence electrons. The molecule has 4 nitrogen and oxygen atoms in total. The minimum atomic E-state index is -0.372. The first kappa shape index (κ1) is 16.0. The molecule has 1 aliphatic rings. The van der Waals surface area contributed by atoms with Crippen LogP contribution in [0.15, 0.2) is 23.2 Å². The number of aliphatic imine (C=N–C) groups is 1. The summed E-state index contributed by atoms with van der Waals surface area (Å²) >= 11 is 5.61.